The van der Waals surface area contributed by atoms with Crippen LogP contribution in [0.15, 0.2) is 46.9 Å². The maximum atomic E-state index is 10.6. The molecule has 2 N–H and O–H groups in total. The lowest BCUT2D eigenvalue weighted by molar-refractivity contribution is 0.0280. The molecule has 0 saturated carbocycles. The molecule has 3 rings (SSSR count). The minimum Gasteiger partial charge on any atom is -0.463 e. The molecule has 0 amide bonds. The monoisotopic (exact) mass is 328 g/mol. The van der Waals surface area contributed by atoms with E-state index in [9.17, 15) is 5.11 Å². The lowest BCUT2D eigenvalue weighted by atomic mass is 10.00. The second-order valence-corrected chi connectivity index (χ2v) is 7.10. The summed E-state index contributed by atoms with van der Waals surface area (Å²) in [6, 6.07) is 14.8. The number of aliphatic hydroxyl groups is 1. The lowest BCUT2D eigenvalue weighted by Gasteiger charge is -2.34. The van der Waals surface area contributed by atoms with E-state index in [1.54, 1.807) is 0 Å². The average molecular weight is 328 g/mol. The first-order valence-electron chi connectivity index (χ1n) is 8.82. The number of piperidine rings is 1. The van der Waals surface area contributed by atoms with E-state index in [1.165, 1.54) is 5.56 Å². The fourth-order valence-electron chi connectivity index (χ4n) is 3.29. The molecule has 0 bridgehead atoms. The van der Waals surface area contributed by atoms with E-state index in [1.807, 2.05) is 26.0 Å². The van der Waals surface area contributed by atoms with Crippen molar-refractivity contribution < 1.29 is 9.52 Å². The summed E-state index contributed by atoms with van der Waals surface area (Å²) in [4.78, 5) is 2.50. The molecule has 2 aromatic rings. The van der Waals surface area contributed by atoms with Gasteiger partial charge in [0.2, 0.25) is 0 Å². The van der Waals surface area contributed by atoms with E-state index in [-0.39, 0.29) is 0 Å². The third kappa shape index (κ3) is 4.47. The highest BCUT2D eigenvalue weighted by Gasteiger charge is 2.28. The Bertz CT molecular complexity index is 628. The molecule has 1 aromatic carbocycles. The zero-order valence-electron chi connectivity index (χ0n) is 14.7. The summed E-state index contributed by atoms with van der Waals surface area (Å²) in [5.74, 6) is 1.47. The second-order valence-electron chi connectivity index (χ2n) is 7.10. The van der Waals surface area contributed by atoms with Crippen molar-refractivity contribution in [2.75, 3.05) is 19.6 Å². The summed E-state index contributed by atoms with van der Waals surface area (Å²) >= 11 is 0. The number of hydrogen-bond donors (Lipinski definition) is 2. The Balaban J connectivity index is 1.44. The smallest absolute Gasteiger partial charge is 0.136 e. The molecular formula is C20H28N2O2. The van der Waals surface area contributed by atoms with Gasteiger partial charge in [-0.25, -0.2) is 0 Å². The van der Waals surface area contributed by atoms with Crippen LogP contribution in [0.4, 0.5) is 0 Å². The van der Waals surface area contributed by atoms with Crippen LogP contribution in [0.2, 0.25) is 0 Å². The molecule has 0 spiro atoms. The van der Waals surface area contributed by atoms with Gasteiger partial charge >= 0.3 is 0 Å². The van der Waals surface area contributed by atoms with Gasteiger partial charge in [0.15, 0.2) is 0 Å². The number of benzene rings is 1. The van der Waals surface area contributed by atoms with Gasteiger partial charge in [0, 0.05) is 19.1 Å². The maximum Gasteiger partial charge on any atom is 0.136 e. The first kappa shape index (κ1) is 17.2. The number of nitrogens with one attached hydrogen (secondary N) is 1. The number of likely N-dealkylation sites (tertiary alicyclic amines) is 1. The quantitative estimate of drug-likeness (QED) is 0.856. The van der Waals surface area contributed by atoms with E-state index in [0.29, 0.717) is 18.3 Å². The molecule has 1 aromatic heterocycles. The summed E-state index contributed by atoms with van der Waals surface area (Å²) in [5, 5.41) is 14.1. The van der Waals surface area contributed by atoms with Crippen molar-refractivity contribution in [3.8, 4) is 0 Å². The predicted molar refractivity (Wildman–Crippen MR) is 95.8 cm³/mol. The van der Waals surface area contributed by atoms with Crippen molar-refractivity contribution in [2.24, 2.45) is 0 Å². The molecule has 1 atom stereocenters. The summed E-state index contributed by atoms with van der Waals surface area (Å²) < 4.78 is 5.57. The molecule has 24 heavy (non-hydrogen) atoms. The van der Waals surface area contributed by atoms with Gasteiger partial charge in [-0.15, -0.1) is 0 Å². The van der Waals surface area contributed by atoms with Gasteiger partial charge in [-0.2, -0.15) is 0 Å². The van der Waals surface area contributed by atoms with Crippen LogP contribution in [0, 0.1) is 6.92 Å². The van der Waals surface area contributed by atoms with Gasteiger partial charge in [-0.05, 0) is 57.5 Å². The summed E-state index contributed by atoms with van der Waals surface area (Å²) in [6.07, 6.45) is 2.22. The largest absolute Gasteiger partial charge is 0.463 e. The van der Waals surface area contributed by atoms with Crippen molar-refractivity contribution in [3.05, 3.63) is 59.5 Å². The molecular weight excluding hydrogens is 300 g/mol. The second kappa shape index (κ2) is 7.51. The molecule has 0 aliphatic carbocycles. The molecule has 0 radical (unpaired) electrons. The van der Waals surface area contributed by atoms with Gasteiger partial charge in [0.25, 0.3) is 0 Å². The number of hydrogen-bond acceptors (Lipinski definition) is 4. The zero-order chi connectivity index (χ0) is 17.0. The molecule has 130 valence electrons. The maximum absolute atomic E-state index is 10.6. The lowest BCUT2D eigenvalue weighted by Crippen LogP contribution is -2.46. The zero-order valence-corrected chi connectivity index (χ0v) is 14.7. The van der Waals surface area contributed by atoms with Gasteiger partial charge in [-0.1, -0.05) is 30.3 Å². The van der Waals surface area contributed by atoms with E-state index < -0.39 is 5.60 Å². The summed E-state index contributed by atoms with van der Waals surface area (Å²) in [5.41, 5.74) is 0.412. The third-order valence-electron chi connectivity index (χ3n) is 4.84. The molecule has 4 heteroatoms. The summed E-state index contributed by atoms with van der Waals surface area (Å²) in [7, 11) is 0. The van der Waals surface area contributed by atoms with Crippen molar-refractivity contribution in [3.63, 3.8) is 0 Å². The van der Waals surface area contributed by atoms with Gasteiger partial charge < -0.3 is 14.8 Å². The molecule has 1 saturated heterocycles. The molecule has 1 aliphatic heterocycles. The molecule has 1 unspecified atom stereocenters. The number of rotatable bonds is 6. The van der Waals surface area contributed by atoms with Gasteiger partial charge in [0.05, 0.1) is 0 Å². The molecule has 1 aliphatic rings. The molecule has 1 fully saturated rings. The Labute approximate surface area is 144 Å². The fraction of sp³-hybridized carbons (Fsp3) is 0.500. The van der Waals surface area contributed by atoms with Crippen molar-refractivity contribution >= 4 is 0 Å². The predicted octanol–water partition coefficient (Wildman–Crippen LogP) is 3.05. The number of nitrogens with zero attached hydrogens (tertiary/aromatic N) is 1. The Kier molecular flexibility index (Phi) is 5.39. The Hall–Kier alpha value is -1.62. The molecule has 4 nitrogen and oxygen atoms in total. The van der Waals surface area contributed by atoms with Crippen LogP contribution in [0.5, 0.6) is 0 Å². The van der Waals surface area contributed by atoms with E-state index >= 15 is 0 Å². The van der Waals surface area contributed by atoms with Crippen LogP contribution in [0.1, 0.15) is 36.8 Å². The normalized spacial score (nSPS) is 19.3. The van der Waals surface area contributed by atoms with Crippen LogP contribution < -0.4 is 5.32 Å². The van der Waals surface area contributed by atoms with E-state index in [2.05, 4.69) is 40.5 Å². The first-order valence-corrected chi connectivity index (χ1v) is 8.82. The van der Waals surface area contributed by atoms with E-state index in [4.69, 9.17) is 4.42 Å². The minimum atomic E-state index is -0.963. The van der Waals surface area contributed by atoms with E-state index in [0.717, 1.165) is 38.2 Å². The first-order chi connectivity index (χ1) is 11.5. The molecule has 2 heterocycles. The van der Waals surface area contributed by atoms with Crippen LogP contribution in [-0.4, -0.2) is 35.7 Å². The number of aryl methyl sites for hydroxylation is 1. The highest BCUT2D eigenvalue weighted by Crippen LogP contribution is 2.23. The third-order valence-corrected chi connectivity index (χ3v) is 4.84. The van der Waals surface area contributed by atoms with Crippen LogP contribution in [-0.2, 0) is 12.1 Å². The minimum absolute atomic E-state index is 0.458. The van der Waals surface area contributed by atoms with Gasteiger partial charge in [0.1, 0.15) is 17.1 Å². The average Bonchev–Trinajstić information content (AvgIpc) is 3.03. The van der Waals surface area contributed by atoms with Gasteiger partial charge in [-0.3, -0.25) is 4.90 Å². The number of furan rings is 1. The SMILES string of the molecule is Cc1ccc(C(C)(O)CNC2CCN(Cc3ccccc3)CC2)o1. The Morgan fingerprint density at radius 3 is 2.50 bits per heavy atom. The fourth-order valence-corrected chi connectivity index (χ4v) is 3.29. The van der Waals surface area contributed by atoms with Crippen molar-refractivity contribution in [1.29, 1.82) is 0 Å². The van der Waals surface area contributed by atoms with Crippen LogP contribution in [0.25, 0.3) is 0 Å². The van der Waals surface area contributed by atoms with Crippen molar-refractivity contribution in [2.45, 2.75) is 44.9 Å². The van der Waals surface area contributed by atoms with Crippen molar-refractivity contribution in [1.82, 2.24) is 10.2 Å². The summed E-state index contributed by atoms with van der Waals surface area (Å²) in [6.45, 7) is 7.43. The highest BCUT2D eigenvalue weighted by molar-refractivity contribution is 5.15. The standard InChI is InChI=1S/C20H28N2O2/c1-16-8-9-19(24-16)20(2,23)15-21-18-10-12-22(13-11-18)14-17-6-4-3-5-7-17/h3-9,18,21,23H,10-15H2,1-2H3. The Morgan fingerprint density at radius 2 is 1.88 bits per heavy atom. The van der Waals surface area contributed by atoms with Crippen LogP contribution >= 0.6 is 0 Å². The van der Waals surface area contributed by atoms with Crippen LogP contribution in [0.3, 0.4) is 0 Å². The Morgan fingerprint density at radius 1 is 1.17 bits per heavy atom. The topological polar surface area (TPSA) is 48.6 Å². The highest BCUT2D eigenvalue weighted by atomic mass is 16.4.